The molecule has 1 heterocycles. The summed E-state index contributed by atoms with van der Waals surface area (Å²) in [6, 6.07) is 0.144. The molecule has 5 nitrogen and oxygen atoms in total. The lowest BCUT2D eigenvalue weighted by molar-refractivity contribution is -0.120. The van der Waals surface area contributed by atoms with Crippen LogP contribution in [0.25, 0.3) is 0 Å². The van der Waals surface area contributed by atoms with Gasteiger partial charge in [-0.3, -0.25) is 9.48 Å². The molecule has 1 unspecified atom stereocenters. The SMILES string of the molecule is Cc1nn(CC(NC2CC2)C(N)=O)c(C)c1C. The number of aryl methyl sites for hydroxylation is 1. The maximum atomic E-state index is 11.4. The first-order chi connectivity index (χ1) is 7.99. The number of amides is 1. The molecule has 0 aliphatic heterocycles. The van der Waals surface area contributed by atoms with Crippen LogP contribution < -0.4 is 11.1 Å². The van der Waals surface area contributed by atoms with Crippen molar-refractivity contribution in [1.82, 2.24) is 15.1 Å². The molecule has 94 valence electrons. The molecule has 1 aromatic heterocycles. The summed E-state index contributed by atoms with van der Waals surface area (Å²) in [5.41, 5.74) is 8.71. The number of aromatic nitrogens is 2. The predicted molar refractivity (Wildman–Crippen MR) is 65.6 cm³/mol. The summed E-state index contributed by atoms with van der Waals surface area (Å²) in [5.74, 6) is -0.304. The van der Waals surface area contributed by atoms with Gasteiger partial charge in [0.05, 0.1) is 12.2 Å². The van der Waals surface area contributed by atoms with Crippen LogP contribution in [-0.2, 0) is 11.3 Å². The van der Waals surface area contributed by atoms with Crippen molar-refractivity contribution in [3.8, 4) is 0 Å². The van der Waals surface area contributed by atoms with Gasteiger partial charge in [-0.25, -0.2) is 0 Å². The maximum absolute atomic E-state index is 11.4. The summed E-state index contributed by atoms with van der Waals surface area (Å²) in [6.45, 7) is 6.56. The summed E-state index contributed by atoms with van der Waals surface area (Å²) in [7, 11) is 0. The minimum absolute atomic E-state index is 0.304. The van der Waals surface area contributed by atoms with Crippen molar-refractivity contribution in [2.75, 3.05) is 0 Å². The van der Waals surface area contributed by atoms with E-state index in [0.717, 1.165) is 24.2 Å². The lowest BCUT2D eigenvalue weighted by atomic mass is 10.2. The van der Waals surface area contributed by atoms with E-state index in [1.807, 2.05) is 25.5 Å². The highest BCUT2D eigenvalue weighted by Gasteiger charge is 2.28. The summed E-state index contributed by atoms with van der Waals surface area (Å²) >= 11 is 0. The van der Waals surface area contributed by atoms with Crippen LogP contribution in [0.4, 0.5) is 0 Å². The molecule has 0 aromatic carbocycles. The molecule has 1 atom stereocenters. The predicted octanol–water partition coefficient (Wildman–Crippen LogP) is 0.414. The number of hydrogen-bond acceptors (Lipinski definition) is 3. The highest BCUT2D eigenvalue weighted by atomic mass is 16.1. The lowest BCUT2D eigenvalue weighted by Gasteiger charge is -2.16. The van der Waals surface area contributed by atoms with Gasteiger partial charge in [-0.1, -0.05) is 0 Å². The van der Waals surface area contributed by atoms with Crippen molar-refractivity contribution >= 4 is 5.91 Å². The Morgan fingerprint density at radius 2 is 2.18 bits per heavy atom. The van der Waals surface area contributed by atoms with Gasteiger partial charge in [-0.05, 0) is 39.2 Å². The molecule has 1 amide bonds. The van der Waals surface area contributed by atoms with Gasteiger partial charge < -0.3 is 11.1 Å². The first kappa shape index (κ1) is 12.1. The summed E-state index contributed by atoms with van der Waals surface area (Å²) in [5, 5.41) is 7.69. The molecule has 0 spiro atoms. The zero-order valence-electron chi connectivity index (χ0n) is 10.7. The average molecular weight is 236 g/mol. The molecular formula is C12H20N4O. The van der Waals surface area contributed by atoms with Crippen LogP contribution >= 0.6 is 0 Å². The Balaban J connectivity index is 2.10. The molecule has 3 N–H and O–H groups in total. The van der Waals surface area contributed by atoms with Gasteiger partial charge in [0.2, 0.25) is 5.91 Å². The van der Waals surface area contributed by atoms with Crippen molar-refractivity contribution in [2.24, 2.45) is 5.73 Å². The normalized spacial score (nSPS) is 17.1. The first-order valence-corrected chi connectivity index (χ1v) is 6.05. The third kappa shape index (κ3) is 2.66. The summed E-state index contributed by atoms with van der Waals surface area (Å²) < 4.78 is 1.87. The van der Waals surface area contributed by atoms with E-state index in [1.54, 1.807) is 0 Å². The number of primary amides is 1. The molecule has 2 rings (SSSR count). The van der Waals surface area contributed by atoms with Gasteiger partial charge in [0, 0.05) is 11.7 Å². The van der Waals surface area contributed by atoms with Crippen LogP contribution in [0.2, 0.25) is 0 Å². The van der Waals surface area contributed by atoms with Crippen molar-refractivity contribution in [1.29, 1.82) is 0 Å². The number of nitrogens with zero attached hydrogens (tertiary/aromatic N) is 2. The number of nitrogens with two attached hydrogens (primary N) is 1. The lowest BCUT2D eigenvalue weighted by Crippen LogP contribution is -2.45. The van der Waals surface area contributed by atoms with E-state index < -0.39 is 0 Å². The van der Waals surface area contributed by atoms with E-state index in [9.17, 15) is 4.79 Å². The van der Waals surface area contributed by atoms with Gasteiger partial charge in [-0.15, -0.1) is 0 Å². The molecule has 17 heavy (non-hydrogen) atoms. The fourth-order valence-electron chi connectivity index (χ4n) is 1.90. The molecule has 1 fully saturated rings. The molecule has 1 aromatic rings. The molecule has 0 bridgehead atoms. The van der Waals surface area contributed by atoms with E-state index in [-0.39, 0.29) is 11.9 Å². The van der Waals surface area contributed by atoms with Crippen molar-refractivity contribution in [3.63, 3.8) is 0 Å². The highest BCUT2D eigenvalue weighted by Crippen LogP contribution is 2.20. The highest BCUT2D eigenvalue weighted by molar-refractivity contribution is 5.79. The second-order valence-corrected chi connectivity index (χ2v) is 4.87. The molecule has 1 aliphatic rings. The minimum Gasteiger partial charge on any atom is -0.368 e. The second kappa shape index (κ2) is 4.49. The topological polar surface area (TPSA) is 72.9 Å². The molecule has 5 heteroatoms. The van der Waals surface area contributed by atoms with E-state index in [4.69, 9.17) is 5.73 Å². The Labute approximate surface area is 101 Å². The number of hydrogen-bond donors (Lipinski definition) is 2. The fourth-order valence-corrected chi connectivity index (χ4v) is 1.90. The monoisotopic (exact) mass is 236 g/mol. The second-order valence-electron chi connectivity index (χ2n) is 4.87. The fraction of sp³-hybridized carbons (Fsp3) is 0.667. The molecule has 1 saturated carbocycles. The first-order valence-electron chi connectivity index (χ1n) is 6.05. The van der Waals surface area contributed by atoms with Crippen molar-refractivity contribution in [2.45, 2.75) is 52.2 Å². The summed E-state index contributed by atoms with van der Waals surface area (Å²) in [4.78, 5) is 11.4. The molecule has 0 radical (unpaired) electrons. The Morgan fingerprint density at radius 1 is 1.53 bits per heavy atom. The van der Waals surface area contributed by atoms with Crippen LogP contribution in [0.1, 0.15) is 29.8 Å². The Hall–Kier alpha value is -1.36. The van der Waals surface area contributed by atoms with Gasteiger partial charge in [0.1, 0.15) is 6.04 Å². The Kier molecular flexibility index (Phi) is 3.19. The van der Waals surface area contributed by atoms with E-state index in [2.05, 4.69) is 10.4 Å². The minimum atomic E-state index is -0.320. The van der Waals surface area contributed by atoms with Crippen molar-refractivity contribution < 1.29 is 4.79 Å². The third-order valence-corrected chi connectivity index (χ3v) is 3.46. The molecular weight excluding hydrogens is 216 g/mol. The standard InChI is InChI=1S/C12H20N4O/c1-7-8(2)15-16(9(7)3)6-11(12(13)17)14-10-4-5-10/h10-11,14H,4-6H2,1-3H3,(H2,13,17). The number of carbonyl (C=O) groups is 1. The van der Waals surface area contributed by atoms with E-state index >= 15 is 0 Å². The van der Waals surface area contributed by atoms with E-state index in [1.165, 1.54) is 5.56 Å². The van der Waals surface area contributed by atoms with Crippen molar-refractivity contribution in [3.05, 3.63) is 17.0 Å². The van der Waals surface area contributed by atoms with Crippen LogP contribution in [0.15, 0.2) is 0 Å². The third-order valence-electron chi connectivity index (χ3n) is 3.46. The van der Waals surface area contributed by atoms with Crippen LogP contribution in [0.5, 0.6) is 0 Å². The molecule has 1 aliphatic carbocycles. The van der Waals surface area contributed by atoms with Gasteiger partial charge in [0.15, 0.2) is 0 Å². The molecule has 0 saturated heterocycles. The van der Waals surface area contributed by atoms with E-state index in [0.29, 0.717) is 12.6 Å². The number of nitrogens with one attached hydrogen (secondary N) is 1. The number of carbonyl (C=O) groups excluding carboxylic acids is 1. The average Bonchev–Trinajstić information content (AvgIpc) is 3.04. The largest absolute Gasteiger partial charge is 0.368 e. The Bertz CT molecular complexity index is 434. The number of rotatable bonds is 5. The van der Waals surface area contributed by atoms with Gasteiger partial charge >= 0.3 is 0 Å². The zero-order valence-corrected chi connectivity index (χ0v) is 10.7. The zero-order chi connectivity index (χ0) is 12.6. The van der Waals surface area contributed by atoms with Gasteiger partial charge in [-0.2, -0.15) is 5.10 Å². The van der Waals surface area contributed by atoms with Crippen LogP contribution in [-0.4, -0.2) is 27.8 Å². The van der Waals surface area contributed by atoms with Crippen LogP contribution in [0, 0.1) is 20.8 Å². The van der Waals surface area contributed by atoms with Crippen LogP contribution in [0.3, 0.4) is 0 Å². The van der Waals surface area contributed by atoms with Gasteiger partial charge in [0.25, 0.3) is 0 Å². The summed E-state index contributed by atoms with van der Waals surface area (Å²) in [6.07, 6.45) is 2.28. The Morgan fingerprint density at radius 3 is 2.59 bits per heavy atom. The maximum Gasteiger partial charge on any atom is 0.236 e. The quantitative estimate of drug-likeness (QED) is 0.778. The smallest absolute Gasteiger partial charge is 0.236 e.